The molecule has 1 amide bonds. The number of nitrogens with zero attached hydrogens (tertiary/aromatic N) is 1. The van der Waals surface area contributed by atoms with Crippen LogP contribution in [0.15, 0.2) is 42.5 Å². The van der Waals surface area contributed by atoms with Crippen LogP contribution < -0.4 is 14.8 Å². The zero-order chi connectivity index (χ0) is 17.5. The van der Waals surface area contributed by atoms with E-state index < -0.39 is 0 Å². The van der Waals surface area contributed by atoms with Gasteiger partial charge in [-0.1, -0.05) is 26.0 Å². The molecule has 0 radical (unpaired) electrons. The molecule has 0 aromatic heterocycles. The highest BCUT2D eigenvalue weighted by atomic mass is 16.5. The summed E-state index contributed by atoms with van der Waals surface area (Å²) in [5.74, 6) is 1.02. The number of nitrogens with one attached hydrogen (secondary N) is 1. The van der Waals surface area contributed by atoms with E-state index in [1.54, 1.807) is 18.2 Å². The Hall–Kier alpha value is -3.00. The zero-order valence-corrected chi connectivity index (χ0v) is 14.0. The summed E-state index contributed by atoms with van der Waals surface area (Å²) in [6.45, 7) is 4.09. The van der Waals surface area contributed by atoms with Crippen LogP contribution in [-0.2, 0) is 4.79 Å². The van der Waals surface area contributed by atoms with E-state index in [1.165, 1.54) is 12.7 Å². The average molecular weight is 324 g/mol. The maximum atomic E-state index is 12.0. The Morgan fingerprint density at radius 1 is 1.17 bits per heavy atom. The number of benzene rings is 2. The van der Waals surface area contributed by atoms with Crippen molar-refractivity contribution in [3.05, 3.63) is 53.6 Å². The topological polar surface area (TPSA) is 71.3 Å². The van der Waals surface area contributed by atoms with E-state index in [0.29, 0.717) is 23.0 Å². The van der Waals surface area contributed by atoms with Crippen molar-refractivity contribution in [2.45, 2.75) is 19.8 Å². The highest BCUT2D eigenvalue weighted by molar-refractivity contribution is 5.91. The van der Waals surface area contributed by atoms with Crippen LogP contribution in [0.4, 0.5) is 5.69 Å². The van der Waals surface area contributed by atoms with Crippen molar-refractivity contribution in [2.24, 2.45) is 0 Å². The molecule has 5 heteroatoms. The van der Waals surface area contributed by atoms with Crippen molar-refractivity contribution in [1.82, 2.24) is 0 Å². The quantitative estimate of drug-likeness (QED) is 0.879. The van der Waals surface area contributed by atoms with Crippen molar-refractivity contribution >= 4 is 11.6 Å². The van der Waals surface area contributed by atoms with Gasteiger partial charge in [0.25, 0.3) is 5.91 Å². The van der Waals surface area contributed by atoms with Gasteiger partial charge in [0, 0.05) is 11.8 Å². The molecule has 2 aromatic carbocycles. The van der Waals surface area contributed by atoms with Crippen LogP contribution >= 0.6 is 0 Å². The van der Waals surface area contributed by atoms with Crippen molar-refractivity contribution in [1.29, 1.82) is 5.26 Å². The Morgan fingerprint density at radius 2 is 1.88 bits per heavy atom. The predicted octanol–water partition coefficient (Wildman–Crippen LogP) is 3.71. The highest BCUT2D eigenvalue weighted by Crippen LogP contribution is 2.27. The second kappa shape index (κ2) is 8.02. The molecular weight excluding hydrogens is 304 g/mol. The molecule has 0 heterocycles. The lowest BCUT2D eigenvalue weighted by Gasteiger charge is -2.11. The van der Waals surface area contributed by atoms with Gasteiger partial charge in [0.1, 0.15) is 0 Å². The SMILES string of the molecule is COc1cc(C#N)ccc1OCC(=O)Nc1ccc(C(C)C)cc1. The van der Waals surface area contributed by atoms with Crippen LogP contribution in [-0.4, -0.2) is 19.6 Å². The van der Waals surface area contributed by atoms with Crippen LogP contribution in [0.25, 0.3) is 0 Å². The molecule has 0 fully saturated rings. The Labute approximate surface area is 141 Å². The number of hydrogen-bond acceptors (Lipinski definition) is 4. The van der Waals surface area contributed by atoms with Crippen molar-refractivity contribution < 1.29 is 14.3 Å². The smallest absolute Gasteiger partial charge is 0.262 e. The van der Waals surface area contributed by atoms with Gasteiger partial charge in [-0.3, -0.25) is 4.79 Å². The minimum atomic E-state index is -0.265. The van der Waals surface area contributed by atoms with E-state index in [0.717, 1.165) is 5.69 Å². The summed E-state index contributed by atoms with van der Waals surface area (Å²) >= 11 is 0. The lowest BCUT2D eigenvalue weighted by molar-refractivity contribution is -0.118. The second-order valence-electron chi connectivity index (χ2n) is 5.59. The van der Waals surface area contributed by atoms with E-state index in [2.05, 4.69) is 19.2 Å². The molecule has 5 nitrogen and oxygen atoms in total. The molecular formula is C19H20N2O3. The molecule has 0 atom stereocenters. The van der Waals surface area contributed by atoms with Gasteiger partial charge >= 0.3 is 0 Å². The molecule has 2 aromatic rings. The number of amides is 1. The molecule has 0 bridgehead atoms. The largest absolute Gasteiger partial charge is 0.493 e. The van der Waals surface area contributed by atoms with Crippen molar-refractivity contribution in [3.8, 4) is 17.6 Å². The second-order valence-corrected chi connectivity index (χ2v) is 5.59. The first-order valence-corrected chi connectivity index (χ1v) is 7.64. The molecule has 0 aliphatic heterocycles. The fourth-order valence-electron chi connectivity index (χ4n) is 2.15. The maximum absolute atomic E-state index is 12.0. The van der Waals surface area contributed by atoms with E-state index in [4.69, 9.17) is 14.7 Å². The summed E-state index contributed by atoms with van der Waals surface area (Å²) in [6, 6.07) is 14.5. The normalized spacial score (nSPS) is 10.1. The van der Waals surface area contributed by atoms with Gasteiger partial charge in [-0.15, -0.1) is 0 Å². The standard InChI is InChI=1S/C19H20N2O3/c1-13(2)15-5-7-16(8-6-15)21-19(22)12-24-17-9-4-14(11-20)10-18(17)23-3/h4-10,13H,12H2,1-3H3,(H,21,22). The van der Waals surface area contributed by atoms with E-state index >= 15 is 0 Å². The van der Waals surface area contributed by atoms with Gasteiger partial charge in [-0.25, -0.2) is 0 Å². The molecule has 0 saturated carbocycles. The number of anilines is 1. The first-order valence-electron chi connectivity index (χ1n) is 7.64. The molecule has 2 rings (SSSR count). The third-order valence-electron chi connectivity index (χ3n) is 3.51. The predicted molar refractivity (Wildman–Crippen MR) is 92.4 cm³/mol. The first kappa shape index (κ1) is 17.4. The zero-order valence-electron chi connectivity index (χ0n) is 14.0. The van der Waals surface area contributed by atoms with Gasteiger partial charge < -0.3 is 14.8 Å². The van der Waals surface area contributed by atoms with Gasteiger partial charge in [0.05, 0.1) is 18.7 Å². The van der Waals surface area contributed by atoms with E-state index in [1.807, 2.05) is 30.3 Å². The summed E-state index contributed by atoms with van der Waals surface area (Å²) in [5, 5.41) is 11.7. The van der Waals surface area contributed by atoms with E-state index in [9.17, 15) is 4.79 Å². The molecule has 0 saturated heterocycles. The molecule has 24 heavy (non-hydrogen) atoms. The summed E-state index contributed by atoms with van der Waals surface area (Å²) in [7, 11) is 1.49. The number of ether oxygens (including phenoxy) is 2. The monoisotopic (exact) mass is 324 g/mol. The molecule has 0 spiro atoms. The van der Waals surface area contributed by atoms with Gasteiger partial charge in [0.2, 0.25) is 0 Å². The van der Waals surface area contributed by atoms with Crippen molar-refractivity contribution in [2.75, 3.05) is 19.0 Å². The van der Waals surface area contributed by atoms with Gasteiger partial charge in [-0.05, 0) is 35.7 Å². The minimum absolute atomic E-state index is 0.145. The molecule has 1 N–H and O–H groups in total. The highest BCUT2D eigenvalue weighted by Gasteiger charge is 2.09. The van der Waals surface area contributed by atoms with Gasteiger partial charge in [-0.2, -0.15) is 5.26 Å². The summed E-state index contributed by atoms with van der Waals surface area (Å²) < 4.78 is 10.6. The third-order valence-corrected chi connectivity index (χ3v) is 3.51. The minimum Gasteiger partial charge on any atom is -0.493 e. The van der Waals surface area contributed by atoms with E-state index in [-0.39, 0.29) is 12.5 Å². The summed E-state index contributed by atoms with van der Waals surface area (Å²) in [6.07, 6.45) is 0. The summed E-state index contributed by atoms with van der Waals surface area (Å²) in [5.41, 5.74) is 2.40. The van der Waals surface area contributed by atoms with Crippen LogP contribution in [0.3, 0.4) is 0 Å². The van der Waals surface area contributed by atoms with Crippen LogP contribution in [0.5, 0.6) is 11.5 Å². The summed E-state index contributed by atoms with van der Waals surface area (Å²) in [4.78, 5) is 12.0. The number of hydrogen-bond donors (Lipinski definition) is 1. The molecule has 0 unspecified atom stereocenters. The Bertz CT molecular complexity index is 746. The van der Waals surface area contributed by atoms with Gasteiger partial charge in [0.15, 0.2) is 18.1 Å². The number of nitriles is 1. The Kier molecular flexibility index (Phi) is 5.80. The number of carbonyl (C=O) groups is 1. The lowest BCUT2D eigenvalue weighted by atomic mass is 10.0. The molecule has 0 aliphatic rings. The first-order chi connectivity index (χ1) is 11.5. The fraction of sp³-hybridized carbons (Fsp3) is 0.263. The Morgan fingerprint density at radius 3 is 2.46 bits per heavy atom. The third kappa shape index (κ3) is 4.50. The number of methoxy groups -OCH3 is 1. The lowest BCUT2D eigenvalue weighted by Crippen LogP contribution is -2.20. The molecule has 0 aliphatic carbocycles. The van der Waals surface area contributed by atoms with Crippen molar-refractivity contribution in [3.63, 3.8) is 0 Å². The van der Waals surface area contributed by atoms with Crippen LogP contribution in [0.1, 0.15) is 30.9 Å². The number of rotatable bonds is 6. The molecule has 124 valence electrons. The number of carbonyl (C=O) groups excluding carboxylic acids is 1. The maximum Gasteiger partial charge on any atom is 0.262 e. The average Bonchev–Trinajstić information content (AvgIpc) is 2.60. The Balaban J connectivity index is 1.95. The fourth-order valence-corrected chi connectivity index (χ4v) is 2.15. The van der Waals surface area contributed by atoms with Crippen LogP contribution in [0, 0.1) is 11.3 Å². The van der Waals surface area contributed by atoms with Crippen LogP contribution in [0.2, 0.25) is 0 Å².